The van der Waals surface area contributed by atoms with Crippen LogP contribution in [0.3, 0.4) is 0 Å². The van der Waals surface area contributed by atoms with Crippen LogP contribution in [0.4, 0.5) is 0 Å². The topological polar surface area (TPSA) is 52.6 Å². The van der Waals surface area contributed by atoms with Crippen LogP contribution in [0.25, 0.3) is 0 Å². The zero-order valence-corrected chi connectivity index (χ0v) is 9.80. The maximum Gasteiger partial charge on any atom is 0.154 e. The molecule has 0 aromatic heterocycles. The van der Waals surface area contributed by atoms with E-state index in [1.165, 1.54) is 0 Å². The molecule has 1 saturated heterocycles. The Kier molecular flexibility index (Phi) is 4.15. The molecule has 0 aromatic carbocycles. The first kappa shape index (κ1) is 11.4. The number of halogens is 1. The van der Waals surface area contributed by atoms with E-state index in [-0.39, 0.29) is 22.4 Å². The summed E-state index contributed by atoms with van der Waals surface area (Å²) >= 11 is 3.29. The summed E-state index contributed by atoms with van der Waals surface area (Å²) in [5, 5.41) is 0. The molecule has 0 aliphatic carbocycles. The van der Waals surface area contributed by atoms with Crippen LogP contribution in [0, 0.1) is 0 Å². The number of alkyl halides is 1. The number of rotatable bonds is 4. The molecule has 13 heavy (non-hydrogen) atoms. The Labute approximate surface area is 86.6 Å². The summed E-state index contributed by atoms with van der Waals surface area (Å²) in [5.74, 6) is 0.289. The minimum absolute atomic E-state index is 0.0747. The van der Waals surface area contributed by atoms with Gasteiger partial charge in [-0.2, -0.15) is 0 Å². The van der Waals surface area contributed by atoms with E-state index in [1.807, 2.05) is 0 Å². The maximum absolute atomic E-state index is 11.1. The third kappa shape index (κ3) is 3.53. The van der Waals surface area contributed by atoms with Crippen molar-refractivity contribution in [3.05, 3.63) is 0 Å². The normalized spacial score (nSPS) is 32.2. The Balaban J connectivity index is 2.36. The molecule has 1 fully saturated rings. The van der Waals surface area contributed by atoms with Crippen LogP contribution >= 0.6 is 15.9 Å². The van der Waals surface area contributed by atoms with Crippen molar-refractivity contribution < 1.29 is 17.9 Å². The Bertz CT molecular complexity index is 251. The fraction of sp³-hybridized carbons (Fsp3) is 1.00. The molecule has 1 rings (SSSR count). The Morgan fingerprint density at radius 3 is 2.54 bits per heavy atom. The number of methoxy groups -OCH3 is 1. The zero-order valence-electron chi connectivity index (χ0n) is 7.40. The summed E-state index contributed by atoms with van der Waals surface area (Å²) in [7, 11) is -1.31. The number of sulfone groups is 1. The van der Waals surface area contributed by atoms with Gasteiger partial charge in [-0.15, -0.1) is 0 Å². The number of hydrogen-bond donors (Lipinski definition) is 0. The van der Waals surface area contributed by atoms with E-state index in [1.54, 1.807) is 7.11 Å². The van der Waals surface area contributed by atoms with Crippen molar-refractivity contribution in [1.29, 1.82) is 0 Å². The highest BCUT2D eigenvalue weighted by atomic mass is 79.9. The quantitative estimate of drug-likeness (QED) is 0.543. The van der Waals surface area contributed by atoms with Crippen molar-refractivity contribution in [2.45, 2.75) is 10.9 Å². The van der Waals surface area contributed by atoms with Crippen molar-refractivity contribution in [1.82, 2.24) is 0 Å². The molecule has 78 valence electrons. The molecule has 0 aromatic rings. The highest BCUT2D eigenvalue weighted by Crippen LogP contribution is 2.22. The predicted octanol–water partition coefficient (Wildman–Crippen LogP) is 0.210. The van der Waals surface area contributed by atoms with E-state index in [2.05, 4.69) is 15.9 Å². The summed E-state index contributed by atoms with van der Waals surface area (Å²) in [4.78, 5) is -0.0747. The van der Waals surface area contributed by atoms with Crippen LogP contribution in [-0.2, 0) is 19.3 Å². The van der Waals surface area contributed by atoms with Gasteiger partial charge in [0.15, 0.2) is 9.84 Å². The molecule has 6 heteroatoms. The fourth-order valence-electron chi connectivity index (χ4n) is 1.21. The molecule has 0 N–H and O–H groups in total. The first-order valence-corrected chi connectivity index (χ1v) is 6.74. The van der Waals surface area contributed by atoms with Crippen molar-refractivity contribution >= 4 is 25.8 Å². The van der Waals surface area contributed by atoms with Crippen LogP contribution in [0.5, 0.6) is 0 Å². The fourth-order valence-corrected chi connectivity index (χ4v) is 4.67. The van der Waals surface area contributed by atoms with E-state index >= 15 is 0 Å². The van der Waals surface area contributed by atoms with Gasteiger partial charge in [0.2, 0.25) is 0 Å². The van der Waals surface area contributed by atoms with Gasteiger partial charge in [-0.3, -0.25) is 0 Å². The van der Waals surface area contributed by atoms with Gasteiger partial charge in [-0.1, -0.05) is 15.9 Å². The summed E-state index contributed by atoms with van der Waals surface area (Å²) in [5.41, 5.74) is 0. The molecule has 4 nitrogen and oxygen atoms in total. The van der Waals surface area contributed by atoms with E-state index in [0.29, 0.717) is 13.2 Å². The summed E-state index contributed by atoms with van der Waals surface area (Å²) in [6.45, 7) is 0.940. The molecule has 0 amide bonds. The molecule has 1 aliphatic heterocycles. The number of hydrogen-bond acceptors (Lipinski definition) is 4. The van der Waals surface area contributed by atoms with E-state index in [4.69, 9.17) is 9.47 Å². The molecule has 0 spiro atoms. The zero-order chi connectivity index (χ0) is 9.90. The van der Waals surface area contributed by atoms with Gasteiger partial charge >= 0.3 is 0 Å². The lowest BCUT2D eigenvalue weighted by atomic mass is 10.3. The number of ether oxygens (including phenoxy) is 2. The highest BCUT2D eigenvalue weighted by Gasteiger charge is 2.36. The van der Waals surface area contributed by atoms with Gasteiger partial charge in [-0.05, 0) is 0 Å². The second kappa shape index (κ2) is 4.72. The van der Waals surface area contributed by atoms with Crippen LogP contribution in [0.15, 0.2) is 0 Å². The summed E-state index contributed by atoms with van der Waals surface area (Å²) < 4.78 is 32.4. The largest absolute Gasteiger partial charge is 0.382 e. The van der Waals surface area contributed by atoms with Crippen molar-refractivity contribution in [3.63, 3.8) is 0 Å². The molecule has 0 bridgehead atoms. The van der Waals surface area contributed by atoms with Gasteiger partial charge in [0.05, 0.1) is 35.7 Å². The van der Waals surface area contributed by atoms with Crippen molar-refractivity contribution in [2.24, 2.45) is 0 Å². The lowest BCUT2D eigenvalue weighted by Gasteiger charge is -2.12. The molecule has 2 atom stereocenters. The lowest BCUT2D eigenvalue weighted by Crippen LogP contribution is -2.24. The summed E-state index contributed by atoms with van der Waals surface area (Å²) in [6.07, 6.45) is -0.222. The minimum Gasteiger partial charge on any atom is -0.382 e. The second-order valence-corrected chi connectivity index (χ2v) is 6.32. The van der Waals surface area contributed by atoms with E-state index in [9.17, 15) is 8.42 Å². The monoisotopic (exact) mass is 272 g/mol. The van der Waals surface area contributed by atoms with Crippen molar-refractivity contribution in [3.8, 4) is 0 Å². The predicted molar refractivity (Wildman–Crippen MR) is 53.0 cm³/mol. The average molecular weight is 273 g/mol. The average Bonchev–Trinajstić information content (AvgIpc) is 2.25. The van der Waals surface area contributed by atoms with Crippen molar-refractivity contribution in [2.75, 3.05) is 31.8 Å². The van der Waals surface area contributed by atoms with Crippen LogP contribution < -0.4 is 0 Å². The van der Waals surface area contributed by atoms with Gasteiger partial charge in [0.1, 0.15) is 0 Å². The molecule has 0 radical (unpaired) electrons. The second-order valence-electron chi connectivity index (χ2n) is 2.99. The Hall–Kier alpha value is 0.350. The van der Waals surface area contributed by atoms with Gasteiger partial charge in [0.25, 0.3) is 0 Å². The molecule has 1 aliphatic rings. The maximum atomic E-state index is 11.1. The standard InChI is InChI=1S/C7H13BrO4S/c1-11-2-3-12-7-5-13(9,10)4-6(7)8/h6-7H,2-5H2,1H3. The SMILES string of the molecule is COCCOC1CS(=O)(=O)CC1Br. The van der Waals surface area contributed by atoms with E-state index in [0.717, 1.165) is 0 Å². The molecule has 1 heterocycles. The molecular formula is C7H13BrO4S. The van der Waals surface area contributed by atoms with Crippen LogP contribution in [0.2, 0.25) is 0 Å². The first-order chi connectivity index (χ1) is 6.05. The smallest absolute Gasteiger partial charge is 0.154 e. The van der Waals surface area contributed by atoms with Crippen LogP contribution in [-0.4, -0.2) is 51.2 Å². The molecule has 2 unspecified atom stereocenters. The van der Waals surface area contributed by atoms with Gasteiger partial charge in [0, 0.05) is 7.11 Å². The Morgan fingerprint density at radius 1 is 1.38 bits per heavy atom. The van der Waals surface area contributed by atoms with Crippen LogP contribution in [0.1, 0.15) is 0 Å². The Morgan fingerprint density at radius 2 is 2.08 bits per heavy atom. The molecule has 0 saturated carbocycles. The van der Waals surface area contributed by atoms with Gasteiger partial charge in [-0.25, -0.2) is 8.42 Å². The highest BCUT2D eigenvalue weighted by molar-refractivity contribution is 9.09. The third-order valence-corrected chi connectivity index (χ3v) is 4.90. The summed E-state index contributed by atoms with van der Waals surface area (Å²) in [6, 6.07) is 0. The third-order valence-electron chi connectivity index (χ3n) is 1.85. The van der Waals surface area contributed by atoms with E-state index < -0.39 is 9.84 Å². The van der Waals surface area contributed by atoms with Gasteiger partial charge < -0.3 is 9.47 Å². The molecular weight excluding hydrogens is 260 g/mol. The minimum atomic E-state index is -2.89. The first-order valence-electron chi connectivity index (χ1n) is 4.00. The lowest BCUT2D eigenvalue weighted by molar-refractivity contribution is 0.0330.